The lowest BCUT2D eigenvalue weighted by atomic mass is 10.1. The lowest BCUT2D eigenvalue weighted by Crippen LogP contribution is -2.15. The fourth-order valence-corrected chi connectivity index (χ4v) is 2.05. The minimum absolute atomic E-state index is 0.289. The first-order valence-corrected chi connectivity index (χ1v) is 5.99. The molecular weight excluding hydrogens is 276 g/mol. The van der Waals surface area contributed by atoms with Crippen LogP contribution in [0.2, 0.25) is 0 Å². The third-order valence-electron chi connectivity index (χ3n) is 2.32. The van der Waals surface area contributed by atoms with Crippen LogP contribution in [0.25, 0.3) is 0 Å². The van der Waals surface area contributed by atoms with E-state index in [4.69, 9.17) is 5.11 Å². The zero-order valence-electron chi connectivity index (χ0n) is 9.31. The van der Waals surface area contributed by atoms with E-state index in [1.54, 1.807) is 10.8 Å². The van der Waals surface area contributed by atoms with Gasteiger partial charge in [0.15, 0.2) is 11.6 Å². The molecule has 98 valence electrons. The summed E-state index contributed by atoms with van der Waals surface area (Å²) < 4.78 is 26.1. The van der Waals surface area contributed by atoms with Crippen molar-refractivity contribution in [3.8, 4) is 0 Å². The van der Waals surface area contributed by atoms with Gasteiger partial charge in [-0.25, -0.2) is 13.6 Å². The Morgan fingerprint density at radius 3 is 2.47 bits per heavy atom. The zero-order valence-corrected chi connectivity index (χ0v) is 10.1. The van der Waals surface area contributed by atoms with E-state index >= 15 is 0 Å². The maximum absolute atomic E-state index is 13.1. The molecule has 0 spiro atoms. The highest BCUT2D eigenvalue weighted by Gasteiger charge is 2.17. The standard InChI is InChI=1S/C12H7F2NO3S/c13-8-3-7(12(17)18)10(4-9(8)14)15-11(16)6-1-2-19-5-6/h1-5H,(H,15,16)(H,17,18). The van der Waals surface area contributed by atoms with E-state index in [9.17, 15) is 18.4 Å². The van der Waals surface area contributed by atoms with Crippen molar-refractivity contribution < 1.29 is 23.5 Å². The highest BCUT2D eigenvalue weighted by atomic mass is 32.1. The topological polar surface area (TPSA) is 66.4 Å². The summed E-state index contributed by atoms with van der Waals surface area (Å²) in [5.41, 5.74) is -0.490. The minimum Gasteiger partial charge on any atom is -0.478 e. The summed E-state index contributed by atoms with van der Waals surface area (Å²) in [6, 6.07) is 2.70. The van der Waals surface area contributed by atoms with Gasteiger partial charge in [0.05, 0.1) is 16.8 Å². The van der Waals surface area contributed by atoms with Crippen molar-refractivity contribution in [2.24, 2.45) is 0 Å². The van der Waals surface area contributed by atoms with E-state index in [1.807, 2.05) is 0 Å². The summed E-state index contributed by atoms with van der Waals surface area (Å²) >= 11 is 1.28. The van der Waals surface area contributed by atoms with Gasteiger partial charge < -0.3 is 10.4 Å². The number of thiophene rings is 1. The summed E-state index contributed by atoms with van der Waals surface area (Å²) in [5.74, 6) is -4.56. The van der Waals surface area contributed by atoms with Gasteiger partial charge in [-0.05, 0) is 17.5 Å². The Bertz CT molecular complexity index is 641. The predicted molar refractivity (Wildman–Crippen MR) is 65.6 cm³/mol. The van der Waals surface area contributed by atoms with Gasteiger partial charge in [-0.15, -0.1) is 0 Å². The number of aromatic carboxylic acids is 1. The Hall–Kier alpha value is -2.28. The maximum Gasteiger partial charge on any atom is 0.337 e. The predicted octanol–water partition coefficient (Wildman–Crippen LogP) is 2.98. The number of carboxylic acid groups (broad SMARTS) is 1. The van der Waals surface area contributed by atoms with Gasteiger partial charge in [-0.3, -0.25) is 4.79 Å². The van der Waals surface area contributed by atoms with Crippen LogP contribution in [0.3, 0.4) is 0 Å². The molecular formula is C12H7F2NO3S. The van der Waals surface area contributed by atoms with Gasteiger partial charge in [0.2, 0.25) is 0 Å². The number of rotatable bonds is 3. The number of hydrogen-bond donors (Lipinski definition) is 2. The van der Waals surface area contributed by atoms with Crippen molar-refractivity contribution in [2.75, 3.05) is 5.32 Å². The monoisotopic (exact) mass is 283 g/mol. The van der Waals surface area contributed by atoms with Crippen LogP contribution in [-0.4, -0.2) is 17.0 Å². The molecule has 0 aliphatic carbocycles. The Balaban J connectivity index is 2.36. The highest BCUT2D eigenvalue weighted by Crippen LogP contribution is 2.21. The number of halogens is 2. The SMILES string of the molecule is O=C(Nc1cc(F)c(F)cc1C(=O)O)c1ccsc1. The first-order valence-electron chi connectivity index (χ1n) is 5.05. The van der Waals surface area contributed by atoms with E-state index in [-0.39, 0.29) is 5.69 Å². The quantitative estimate of drug-likeness (QED) is 0.910. The van der Waals surface area contributed by atoms with Crippen LogP contribution in [0.4, 0.5) is 14.5 Å². The molecule has 0 bridgehead atoms. The van der Waals surface area contributed by atoms with E-state index < -0.39 is 29.1 Å². The fourth-order valence-electron chi connectivity index (χ4n) is 1.42. The Morgan fingerprint density at radius 1 is 1.21 bits per heavy atom. The van der Waals surface area contributed by atoms with Crippen molar-refractivity contribution in [3.63, 3.8) is 0 Å². The molecule has 19 heavy (non-hydrogen) atoms. The van der Waals surface area contributed by atoms with Crippen LogP contribution in [0.5, 0.6) is 0 Å². The van der Waals surface area contributed by atoms with Gasteiger partial charge in [-0.1, -0.05) is 0 Å². The Labute approximate surface area is 110 Å². The molecule has 4 nitrogen and oxygen atoms in total. The van der Waals surface area contributed by atoms with Crippen molar-refractivity contribution in [3.05, 3.63) is 51.7 Å². The van der Waals surface area contributed by atoms with E-state index in [1.165, 1.54) is 17.4 Å². The molecule has 7 heteroatoms. The van der Waals surface area contributed by atoms with Crippen molar-refractivity contribution in [1.29, 1.82) is 0 Å². The molecule has 0 unspecified atom stereocenters. The summed E-state index contributed by atoms with van der Waals surface area (Å²) in [6.07, 6.45) is 0. The molecule has 0 aliphatic rings. The molecule has 2 rings (SSSR count). The second-order valence-electron chi connectivity index (χ2n) is 3.58. The number of carbonyl (C=O) groups excluding carboxylic acids is 1. The van der Waals surface area contributed by atoms with Crippen molar-refractivity contribution >= 4 is 28.9 Å². The lowest BCUT2D eigenvalue weighted by molar-refractivity contribution is 0.0697. The number of carboxylic acids is 1. The summed E-state index contributed by atoms with van der Waals surface area (Å²) in [6.45, 7) is 0. The average molecular weight is 283 g/mol. The number of nitrogens with one attached hydrogen (secondary N) is 1. The van der Waals surface area contributed by atoms with E-state index in [0.29, 0.717) is 17.7 Å². The summed E-state index contributed by atoms with van der Waals surface area (Å²) in [7, 11) is 0. The normalized spacial score (nSPS) is 10.2. The molecule has 1 aromatic carbocycles. The lowest BCUT2D eigenvalue weighted by Gasteiger charge is -2.08. The summed E-state index contributed by atoms with van der Waals surface area (Å²) in [5, 5.41) is 14.3. The number of hydrogen-bond acceptors (Lipinski definition) is 3. The van der Waals surface area contributed by atoms with Gasteiger partial charge in [0.1, 0.15) is 0 Å². The molecule has 0 aliphatic heterocycles. The summed E-state index contributed by atoms with van der Waals surface area (Å²) in [4.78, 5) is 22.6. The van der Waals surface area contributed by atoms with Crippen LogP contribution in [0.15, 0.2) is 29.0 Å². The molecule has 1 amide bonds. The average Bonchev–Trinajstić information content (AvgIpc) is 2.86. The Kier molecular flexibility index (Phi) is 3.57. The largest absolute Gasteiger partial charge is 0.478 e. The molecule has 0 radical (unpaired) electrons. The molecule has 2 N–H and O–H groups in total. The van der Waals surface area contributed by atoms with Gasteiger partial charge in [0.25, 0.3) is 5.91 Å². The number of amides is 1. The first kappa shape index (κ1) is 13.2. The van der Waals surface area contributed by atoms with Crippen molar-refractivity contribution in [1.82, 2.24) is 0 Å². The third kappa shape index (κ3) is 2.76. The maximum atomic E-state index is 13.1. The molecule has 0 saturated heterocycles. The van der Waals surface area contributed by atoms with Crippen LogP contribution < -0.4 is 5.32 Å². The third-order valence-corrected chi connectivity index (χ3v) is 3.01. The molecule has 0 fully saturated rings. The van der Waals surface area contributed by atoms with Crippen molar-refractivity contribution in [2.45, 2.75) is 0 Å². The second-order valence-corrected chi connectivity index (χ2v) is 4.36. The van der Waals surface area contributed by atoms with E-state index in [0.717, 1.165) is 0 Å². The highest BCUT2D eigenvalue weighted by molar-refractivity contribution is 7.08. The molecule has 0 saturated carbocycles. The van der Waals surface area contributed by atoms with Gasteiger partial charge >= 0.3 is 5.97 Å². The van der Waals surface area contributed by atoms with E-state index in [2.05, 4.69) is 5.32 Å². The smallest absolute Gasteiger partial charge is 0.337 e. The Morgan fingerprint density at radius 2 is 1.89 bits per heavy atom. The number of benzene rings is 1. The second kappa shape index (κ2) is 5.15. The van der Waals surface area contributed by atoms with Crippen LogP contribution in [0.1, 0.15) is 20.7 Å². The molecule has 2 aromatic rings. The molecule has 1 aromatic heterocycles. The molecule has 1 heterocycles. The molecule has 0 atom stereocenters. The van der Waals surface area contributed by atoms with Gasteiger partial charge in [-0.2, -0.15) is 11.3 Å². The zero-order chi connectivity index (χ0) is 14.0. The van der Waals surface area contributed by atoms with Crippen LogP contribution in [0, 0.1) is 11.6 Å². The van der Waals surface area contributed by atoms with Crippen LogP contribution in [-0.2, 0) is 0 Å². The van der Waals surface area contributed by atoms with Crippen LogP contribution >= 0.6 is 11.3 Å². The fraction of sp³-hybridized carbons (Fsp3) is 0. The van der Waals surface area contributed by atoms with Gasteiger partial charge in [0, 0.05) is 11.4 Å². The number of anilines is 1. The minimum atomic E-state index is -1.46. The first-order chi connectivity index (χ1) is 8.99. The number of carbonyl (C=O) groups is 2.